The number of likely N-dealkylation sites (tertiary alicyclic amines) is 1. The lowest BCUT2D eigenvalue weighted by Gasteiger charge is -2.14. The number of carbonyl (C=O) groups is 2. The highest BCUT2D eigenvalue weighted by Crippen LogP contribution is 2.11. The Morgan fingerprint density at radius 1 is 1.26 bits per heavy atom. The zero-order valence-electron chi connectivity index (χ0n) is 22.0. The maximum Gasteiger partial charge on any atom is 0.270 e. The van der Waals surface area contributed by atoms with E-state index in [4.69, 9.17) is 0 Å². The topological polar surface area (TPSA) is 139 Å². The van der Waals surface area contributed by atoms with Gasteiger partial charge in [0.05, 0.1) is 12.6 Å². The van der Waals surface area contributed by atoms with Crippen LogP contribution in [0.3, 0.4) is 0 Å². The van der Waals surface area contributed by atoms with Gasteiger partial charge in [0.2, 0.25) is 0 Å². The molecule has 0 bridgehead atoms. The van der Waals surface area contributed by atoms with Crippen molar-refractivity contribution < 1.29 is 14.7 Å². The quantitative estimate of drug-likeness (QED) is 0.289. The second kappa shape index (κ2) is 14.5. The molecule has 1 aromatic heterocycles. The molecule has 0 saturated carbocycles. The number of carbonyl (C=O) groups excluding carboxylic acids is 2. The molecule has 11 heteroatoms. The molecule has 204 valence electrons. The maximum atomic E-state index is 13.0. The first kappa shape index (κ1) is 29.1. The van der Waals surface area contributed by atoms with Crippen molar-refractivity contribution in [2.24, 2.45) is 0 Å². The van der Waals surface area contributed by atoms with E-state index in [0.29, 0.717) is 28.7 Å². The van der Waals surface area contributed by atoms with Crippen molar-refractivity contribution in [2.45, 2.75) is 52.1 Å². The third kappa shape index (κ3) is 7.54. The molecule has 1 aliphatic heterocycles. The van der Waals surface area contributed by atoms with Gasteiger partial charge in [-0.2, -0.15) is 5.26 Å². The van der Waals surface area contributed by atoms with Crippen molar-refractivity contribution in [3.8, 4) is 6.07 Å². The number of rotatable bonds is 12. The Kier molecular flexibility index (Phi) is 11.1. The van der Waals surface area contributed by atoms with Crippen LogP contribution in [0, 0.1) is 11.3 Å². The highest BCUT2D eigenvalue weighted by Gasteiger charge is 2.18. The third-order valence-electron chi connectivity index (χ3n) is 6.46. The first-order valence-corrected chi connectivity index (χ1v) is 13.9. The van der Waals surface area contributed by atoms with Crippen molar-refractivity contribution in [1.29, 1.82) is 5.26 Å². The number of aliphatic hydroxyl groups is 1. The molecule has 0 unspecified atom stereocenters. The molecular formula is C27H36N6O4S. The van der Waals surface area contributed by atoms with Crippen molar-refractivity contribution in [2.75, 3.05) is 38.1 Å². The van der Waals surface area contributed by atoms with E-state index in [1.54, 1.807) is 31.2 Å². The van der Waals surface area contributed by atoms with E-state index in [2.05, 4.69) is 20.9 Å². The summed E-state index contributed by atoms with van der Waals surface area (Å²) in [5.74, 6) is -0.787. The van der Waals surface area contributed by atoms with Gasteiger partial charge in [-0.25, -0.2) is 0 Å². The zero-order chi connectivity index (χ0) is 27.5. The van der Waals surface area contributed by atoms with Gasteiger partial charge in [0.15, 0.2) is 5.57 Å². The Morgan fingerprint density at radius 2 is 2.03 bits per heavy atom. The highest BCUT2D eigenvalue weighted by molar-refractivity contribution is 7.07. The fraction of sp³-hybridized carbons (Fsp3) is 0.481. The number of aliphatic hydroxyl groups excluding tert-OH is 1. The van der Waals surface area contributed by atoms with E-state index < -0.39 is 11.9 Å². The molecule has 0 aliphatic carbocycles. The number of nitriles is 1. The lowest BCUT2D eigenvalue weighted by atomic mass is 10.2. The average molecular weight is 541 g/mol. The van der Waals surface area contributed by atoms with Gasteiger partial charge in [-0.15, -0.1) is 11.3 Å². The van der Waals surface area contributed by atoms with Gasteiger partial charge in [-0.05, 0) is 70.4 Å². The molecule has 1 saturated heterocycles. The number of benzene rings is 1. The van der Waals surface area contributed by atoms with Crippen LogP contribution >= 0.6 is 11.3 Å². The molecule has 2 heterocycles. The lowest BCUT2D eigenvalue weighted by molar-refractivity contribution is -0.116. The molecule has 2 aromatic rings. The lowest BCUT2D eigenvalue weighted by Crippen LogP contribution is -2.40. The second-order valence-electron chi connectivity index (χ2n) is 9.10. The summed E-state index contributed by atoms with van der Waals surface area (Å²) in [6, 6.07) is 8.42. The number of hydrogen-bond acceptors (Lipinski definition) is 8. The van der Waals surface area contributed by atoms with E-state index >= 15 is 0 Å². The molecular weight excluding hydrogens is 504 g/mol. The van der Waals surface area contributed by atoms with Gasteiger partial charge >= 0.3 is 0 Å². The Hall–Kier alpha value is -3.46. The monoisotopic (exact) mass is 540 g/mol. The maximum absolute atomic E-state index is 13.0. The van der Waals surface area contributed by atoms with Crippen LogP contribution in [0.1, 0.15) is 49.9 Å². The minimum absolute atomic E-state index is 0.158. The van der Waals surface area contributed by atoms with E-state index in [-0.39, 0.29) is 34.9 Å². The number of thiazole rings is 1. The van der Waals surface area contributed by atoms with Gasteiger partial charge in [0, 0.05) is 30.5 Å². The van der Waals surface area contributed by atoms with Crippen LogP contribution in [0.4, 0.5) is 5.69 Å². The predicted octanol–water partition coefficient (Wildman–Crippen LogP) is 0.557. The standard InChI is InChI=1S/C27H36N6O4S/c1-3-20(18-34)31-25(36)22(16-28)27-33(4-2)26(37)23(38-27)17-30-21-10-7-9-19(15-21)24(35)29-11-8-14-32-12-5-6-13-32/h7,9-10,15,17,20,30,34H,3-6,8,11-14,18H2,1-2H3,(H,29,35)(H,31,36)/b23-17+,27-22-/t20-/m0/s1. The van der Waals surface area contributed by atoms with Crippen LogP contribution in [0.2, 0.25) is 0 Å². The van der Waals surface area contributed by atoms with Gasteiger partial charge < -0.3 is 26.0 Å². The summed E-state index contributed by atoms with van der Waals surface area (Å²) >= 11 is 1.03. The predicted molar refractivity (Wildman–Crippen MR) is 149 cm³/mol. The smallest absolute Gasteiger partial charge is 0.270 e. The van der Waals surface area contributed by atoms with Crippen LogP contribution in [0.15, 0.2) is 29.1 Å². The summed E-state index contributed by atoms with van der Waals surface area (Å²) in [7, 11) is 0. The summed E-state index contributed by atoms with van der Waals surface area (Å²) in [6.45, 7) is 7.48. The first-order valence-electron chi connectivity index (χ1n) is 13.0. The van der Waals surface area contributed by atoms with Gasteiger partial charge in [0.25, 0.3) is 17.4 Å². The largest absolute Gasteiger partial charge is 0.394 e. The molecule has 1 aliphatic rings. The number of aromatic nitrogens is 1. The van der Waals surface area contributed by atoms with E-state index in [1.165, 1.54) is 23.6 Å². The Morgan fingerprint density at radius 3 is 2.68 bits per heavy atom. The summed E-state index contributed by atoms with van der Waals surface area (Å²) in [4.78, 5) is 40.7. The average Bonchev–Trinajstić information content (AvgIpc) is 3.56. The Balaban J connectivity index is 1.75. The molecule has 38 heavy (non-hydrogen) atoms. The van der Waals surface area contributed by atoms with Crippen molar-refractivity contribution >= 4 is 40.6 Å². The molecule has 10 nitrogen and oxygen atoms in total. The molecule has 1 atom stereocenters. The summed E-state index contributed by atoms with van der Waals surface area (Å²) in [6.07, 6.45) is 5.43. The van der Waals surface area contributed by atoms with Crippen LogP contribution in [0.5, 0.6) is 0 Å². The summed E-state index contributed by atoms with van der Waals surface area (Å²) in [5.41, 5.74) is 0.627. The van der Waals surface area contributed by atoms with E-state index in [0.717, 1.165) is 37.4 Å². The van der Waals surface area contributed by atoms with Crippen LogP contribution in [-0.2, 0) is 11.3 Å². The first-order chi connectivity index (χ1) is 18.4. The molecule has 2 amide bonds. The minimum Gasteiger partial charge on any atom is -0.394 e. The summed E-state index contributed by atoms with van der Waals surface area (Å²) < 4.78 is 1.94. The van der Waals surface area contributed by atoms with E-state index in [9.17, 15) is 24.8 Å². The molecule has 0 radical (unpaired) electrons. The number of amides is 2. The van der Waals surface area contributed by atoms with E-state index in [1.807, 2.05) is 13.0 Å². The van der Waals surface area contributed by atoms with Gasteiger partial charge in [-0.3, -0.25) is 19.0 Å². The van der Waals surface area contributed by atoms with Crippen LogP contribution < -0.4 is 30.7 Å². The summed E-state index contributed by atoms with van der Waals surface area (Å²) in [5, 5.41) is 27.7. The van der Waals surface area contributed by atoms with Crippen LogP contribution in [-0.4, -0.2) is 65.2 Å². The Labute approximate surface area is 226 Å². The van der Waals surface area contributed by atoms with Gasteiger partial charge in [0.1, 0.15) is 15.3 Å². The molecule has 1 fully saturated rings. The van der Waals surface area contributed by atoms with Crippen LogP contribution in [0.25, 0.3) is 11.8 Å². The van der Waals surface area contributed by atoms with Crippen molar-refractivity contribution in [1.82, 2.24) is 20.1 Å². The highest BCUT2D eigenvalue weighted by atomic mass is 32.1. The molecule has 0 spiro atoms. The van der Waals surface area contributed by atoms with Crippen molar-refractivity contribution in [3.05, 3.63) is 49.4 Å². The normalized spacial score (nSPS) is 15.6. The number of hydrogen-bond donors (Lipinski definition) is 4. The number of nitrogens with zero attached hydrogens (tertiary/aromatic N) is 3. The SMILES string of the molecule is CC[C@@H](CO)NC(=O)/C(C#N)=c1\s/c(=C/Nc2cccc(C(=O)NCCCN3CCCC3)c2)c(=O)n1CC. The molecule has 3 rings (SSSR count). The third-order valence-corrected chi connectivity index (χ3v) is 7.59. The van der Waals surface area contributed by atoms with Crippen molar-refractivity contribution in [3.63, 3.8) is 0 Å². The Bertz CT molecular complexity index is 1330. The molecule has 1 aromatic carbocycles. The minimum atomic E-state index is -0.629. The fourth-order valence-electron chi connectivity index (χ4n) is 4.23. The zero-order valence-corrected chi connectivity index (χ0v) is 22.8. The number of nitrogens with one attached hydrogen (secondary N) is 3. The van der Waals surface area contributed by atoms with Gasteiger partial charge in [-0.1, -0.05) is 13.0 Å². The fourth-order valence-corrected chi connectivity index (χ4v) is 5.32. The number of anilines is 1. The molecule has 4 N–H and O–H groups in total. The second-order valence-corrected chi connectivity index (χ2v) is 10.1.